The van der Waals surface area contributed by atoms with Gasteiger partial charge in [0, 0.05) is 43.7 Å². The molecule has 3 heterocycles. The molecule has 5 nitrogen and oxygen atoms in total. The molecule has 31 heavy (non-hydrogen) atoms. The number of aliphatic imine (C=N–C) groups is 1. The molecular weight excluding hydrogens is 455 g/mol. The van der Waals surface area contributed by atoms with Crippen LogP contribution in [-0.2, 0) is 11.3 Å². The Morgan fingerprint density at radius 2 is 1.90 bits per heavy atom. The summed E-state index contributed by atoms with van der Waals surface area (Å²) in [5.41, 5.74) is 2.82. The molecule has 1 spiro atoms. The largest absolute Gasteiger partial charge is 0.381 e. The zero-order valence-corrected chi connectivity index (χ0v) is 19.4. The lowest BCUT2D eigenvalue weighted by Crippen LogP contribution is -2.62. The van der Waals surface area contributed by atoms with Crippen molar-refractivity contribution in [2.24, 2.45) is 4.99 Å². The van der Waals surface area contributed by atoms with E-state index in [-0.39, 0.29) is 5.54 Å². The Morgan fingerprint density at radius 3 is 2.65 bits per heavy atom. The van der Waals surface area contributed by atoms with Crippen molar-refractivity contribution in [1.82, 2.24) is 5.32 Å². The first-order valence-electron chi connectivity index (χ1n) is 10.7. The van der Waals surface area contributed by atoms with Crippen molar-refractivity contribution in [2.75, 3.05) is 36.5 Å². The number of hydrogen-bond donors (Lipinski definition) is 2. The monoisotopic (exact) mass is 478 g/mol. The van der Waals surface area contributed by atoms with Gasteiger partial charge in [0.1, 0.15) is 5.84 Å². The zero-order valence-electron chi connectivity index (χ0n) is 17.1. The third-order valence-corrected chi connectivity index (χ3v) is 7.33. The predicted molar refractivity (Wildman–Crippen MR) is 129 cm³/mol. The second-order valence-corrected chi connectivity index (χ2v) is 9.64. The summed E-state index contributed by atoms with van der Waals surface area (Å²) in [6.45, 7) is 3.84. The standard InChI is InChI=1S/C23H25Cl3N4O/c24-16-3-1-2-15(10-16)13-28-22-23(5-8-31-9-6-23)29-20-11-18(25)19(26)12-21(20)30(22)17-4-7-27-14-17/h1-3,10-12,17,27,29H,4-9,13-14H2. The summed E-state index contributed by atoms with van der Waals surface area (Å²) in [6, 6.07) is 12.1. The summed E-state index contributed by atoms with van der Waals surface area (Å²) in [5.74, 6) is 1.05. The van der Waals surface area contributed by atoms with Crippen LogP contribution < -0.4 is 15.5 Å². The first-order valence-corrected chi connectivity index (χ1v) is 11.8. The second kappa shape index (κ2) is 8.80. The van der Waals surface area contributed by atoms with Crippen molar-refractivity contribution in [3.8, 4) is 0 Å². The number of anilines is 2. The van der Waals surface area contributed by atoms with Gasteiger partial charge in [0.15, 0.2) is 0 Å². The lowest BCUT2D eigenvalue weighted by molar-refractivity contribution is 0.0772. The van der Waals surface area contributed by atoms with E-state index >= 15 is 0 Å². The van der Waals surface area contributed by atoms with Gasteiger partial charge in [-0.25, -0.2) is 0 Å². The van der Waals surface area contributed by atoms with Gasteiger partial charge in [0.25, 0.3) is 0 Å². The lowest BCUT2D eigenvalue weighted by atomic mass is 9.84. The van der Waals surface area contributed by atoms with Crippen molar-refractivity contribution < 1.29 is 4.74 Å². The molecule has 164 valence electrons. The molecular formula is C23H25Cl3N4O. The van der Waals surface area contributed by atoms with Crippen LogP contribution in [-0.4, -0.2) is 43.7 Å². The van der Waals surface area contributed by atoms with E-state index in [1.54, 1.807) is 0 Å². The van der Waals surface area contributed by atoms with Gasteiger partial charge in [0.05, 0.1) is 33.5 Å². The Kier molecular flexibility index (Phi) is 6.06. The van der Waals surface area contributed by atoms with Crippen LogP contribution in [0, 0.1) is 0 Å². The zero-order chi connectivity index (χ0) is 21.4. The van der Waals surface area contributed by atoms with E-state index < -0.39 is 0 Å². The molecule has 0 aromatic heterocycles. The first-order chi connectivity index (χ1) is 15.1. The van der Waals surface area contributed by atoms with Gasteiger partial charge in [-0.05, 0) is 42.8 Å². The number of halogens is 3. The summed E-state index contributed by atoms with van der Waals surface area (Å²) in [5, 5.41) is 9.12. The van der Waals surface area contributed by atoms with Crippen LogP contribution in [0.5, 0.6) is 0 Å². The summed E-state index contributed by atoms with van der Waals surface area (Å²) < 4.78 is 5.72. The molecule has 1 unspecified atom stereocenters. The molecule has 0 amide bonds. The molecule has 2 N–H and O–H groups in total. The van der Waals surface area contributed by atoms with E-state index in [1.807, 2.05) is 30.3 Å². The van der Waals surface area contributed by atoms with Gasteiger partial charge in [0.2, 0.25) is 0 Å². The molecule has 5 rings (SSSR count). The smallest absolute Gasteiger partial charge is 0.130 e. The number of rotatable bonds is 3. The van der Waals surface area contributed by atoms with Crippen LogP contribution in [0.2, 0.25) is 15.1 Å². The summed E-state index contributed by atoms with van der Waals surface area (Å²) >= 11 is 19.1. The number of amidine groups is 1. The molecule has 8 heteroatoms. The van der Waals surface area contributed by atoms with Crippen LogP contribution in [0.3, 0.4) is 0 Å². The molecule has 2 fully saturated rings. The van der Waals surface area contributed by atoms with Crippen molar-refractivity contribution in [2.45, 2.75) is 37.4 Å². The van der Waals surface area contributed by atoms with E-state index in [0.29, 0.717) is 35.8 Å². The van der Waals surface area contributed by atoms with Crippen molar-refractivity contribution in [1.29, 1.82) is 0 Å². The highest BCUT2D eigenvalue weighted by molar-refractivity contribution is 6.42. The predicted octanol–water partition coefficient (Wildman–Crippen LogP) is 5.39. The molecule has 2 aromatic rings. The summed E-state index contributed by atoms with van der Waals surface area (Å²) in [4.78, 5) is 7.60. The third-order valence-electron chi connectivity index (χ3n) is 6.37. The minimum absolute atomic E-state index is 0.302. The van der Waals surface area contributed by atoms with Gasteiger partial charge in [-0.3, -0.25) is 4.99 Å². The number of nitrogens with zero attached hydrogens (tertiary/aromatic N) is 2. The van der Waals surface area contributed by atoms with E-state index in [9.17, 15) is 0 Å². The number of hydrogen-bond acceptors (Lipinski definition) is 4. The van der Waals surface area contributed by atoms with E-state index in [2.05, 4.69) is 21.6 Å². The molecule has 0 bridgehead atoms. The number of ether oxygens (including phenoxy) is 1. The van der Waals surface area contributed by atoms with E-state index in [1.165, 1.54) is 0 Å². The van der Waals surface area contributed by atoms with Crippen molar-refractivity contribution in [3.05, 3.63) is 57.0 Å². The van der Waals surface area contributed by atoms with Gasteiger partial charge in [-0.15, -0.1) is 0 Å². The van der Waals surface area contributed by atoms with E-state index in [0.717, 1.165) is 60.1 Å². The van der Waals surface area contributed by atoms with Crippen molar-refractivity contribution in [3.63, 3.8) is 0 Å². The maximum absolute atomic E-state index is 6.46. The SMILES string of the molecule is Clc1cccc(CN=C2N(C3CCNC3)c3cc(Cl)c(Cl)cc3NC23CCOCC3)c1. The fourth-order valence-corrected chi connectivity index (χ4v) is 5.36. The van der Waals surface area contributed by atoms with Crippen LogP contribution >= 0.6 is 34.8 Å². The fourth-order valence-electron chi connectivity index (χ4n) is 4.82. The Bertz CT molecular complexity index is 1000. The Labute approximate surface area is 197 Å². The highest BCUT2D eigenvalue weighted by Crippen LogP contribution is 2.45. The minimum atomic E-state index is -0.302. The highest BCUT2D eigenvalue weighted by Gasteiger charge is 2.47. The third kappa shape index (κ3) is 4.14. The quantitative estimate of drug-likeness (QED) is 0.620. The molecule has 2 aromatic carbocycles. The summed E-state index contributed by atoms with van der Waals surface area (Å²) in [6.07, 6.45) is 2.73. The Morgan fingerprint density at radius 1 is 1.10 bits per heavy atom. The number of fused-ring (bicyclic) bond motifs is 1. The molecule has 3 aliphatic rings. The normalized spacial score (nSPS) is 23.8. The van der Waals surface area contributed by atoms with Crippen LogP contribution in [0.4, 0.5) is 11.4 Å². The van der Waals surface area contributed by atoms with Crippen LogP contribution in [0.25, 0.3) is 0 Å². The fraction of sp³-hybridized carbons (Fsp3) is 0.435. The average Bonchev–Trinajstić information content (AvgIpc) is 3.29. The second-order valence-electron chi connectivity index (χ2n) is 8.39. The molecule has 0 saturated carbocycles. The van der Waals surface area contributed by atoms with Gasteiger partial charge in [-0.2, -0.15) is 0 Å². The molecule has 1 atom stereocenters. The molecule has 2 saturated heterocycles. The van der Waals surface area contributed by atoms with Gasteiger partial charge >= 0.3 is 0 Å². The Hall–Kier alpha value is -1.50. The van der Waals surface area contributed by atoms with Gasteiger partial charge < -0.3 is 20.3 Å². The maximum atomic E-state index is 6.46. The highest BCUT2D eigenvalue weighted by atomic mass is 35.5. The van der Waals surface area contributed by atoms with Gasteiger partial charge in [-0.1, -0.05) is 46.9 Å². The first kappa shape index (κ1) is 21.4. The van der Waals surface area contributed by atoms with Crippen molar-refractivity contribution >= 4 is 52.0 Å². The molecule has 0 aliphatic carbocycles. The number of nitrogens with one attached hydrogen (secondary N) is 2. The van der Waals surface area contributed by atoms with Crippen LogP contribution in [0.1, 0.15) is 24.8 Å². The lowest BCUT2D eigenvalue weighted by Gasteiger charge is -2.50. The topological polar surface area (TPSA) is 48.9 Å². The van der Waals surface area contributed by atoms with Crippen LogP contribution in [0.15, 0.2) is 41.4 Å². The number of benzene rings is 2. The molecule has 0 radical (unpaired) electrons. The average molecular weight is 480 g/mol. The maximum Gasteiger partial charge on any atom is 0.130 e. The molecule has 3 aliphatic heterocycles. The van der Waals surface area contributed by atoms with E-state index in [4.69, 9.17) is 44.5 Å². The minimum Gasteiger partial charge on any atom is -0.381 e. The Balaban J connectivity index is 1.63. The summed E-state index contributed by atoms with van der Waals surface area (Å²) in [7, 11) is 0.